The SMILES string of the molecule is CCOP(=O)(Cc1ccc(NC(=O)Nc2c(Cl)cccc2Cl)cc1)OCC. The fraction of sp³-hybridized carbons (Fsp3) is 0.278. The summed E-state index contributed by atoms with van der Waals surface area (Å²) in [5, 5.41) is 5.99. The molecule has 2 amide bonds. The van der Waals surface area contributed by atoms with Crippen molar-refractivity contribution >= 4 is 48.2 Å². The van der Waals surface area contributed by atoms with Crippen LogP contribution in [-0.4, -0.2) is 19.2 Å². The first kappa shape index (κ1) is 21.7. The zero-order valence-electron chi connectivity index (χ0n) is 15.0. The molecular weight excluding hydrogens is 410 g/mol. The number of hydrogen-bond acceptors (Lipinski definition) is 4. The molecule has 0 saturated carbocycles. The quantitative estimate of drug-likeness (QED) is 0.474. The number of halogens is 2. The number of urea groups is 1. The van der Waals surface area contributed by atoms with Gasteiger partial charge in [-0.3, -0.25) is 4.57 Å². The summed E-state index contributed by atoms with van der Waals surface area (Å²) in [7, 11) is -3.17. The molecule has 0 aliphatic rings. The van der Waals surface area contributed by atoms with Gasteiger partial charge < -0.3 is 19.7 Å². The van der Waals surface area contributed by atoms with Crippen LogP contribution in [0.2, 0.25) is 10.0 Å². The van der Waals surface area contributed by atoms with E-state index in [0.29, 0.717) is 34.6 Å². The van der Waals surface area contributed by atoms with Crippen LogP contribution >= 0.6 is 30.8 Å². The van der Waals surface area contributed by atoms with Crippen molar-refractivity contribution < 1.29 is 18.4 Å². The number of para-hydroxylation sites is 1. The lowest BCUT2D eigenvalue weighted by Crippen LogP contribution is -2.19. The Morgan fingerprint density at radius 2 is 1.52 bits per heavy atom. The van der Waals surface area contributed by atoms with Gasteiger partial charge >= 0.3 is 13.6 Å². The highest BCUT2D eigenvalue weighted by Crippen LogP contribution is 2.51. The topological polar surface area (TPSA) is 76.7 Å². The zero-order chi connectivity index (χ0) is 19.9. The van der Waals surface area contributed by atoms with Gasteiger partial charge in [-0.2, -0.15) is 0 Å². The Kier molecular flexibility index (Phi) is 8.14. The highest BCUT2D eigenvalue weighted by Gasteiger charge is 2.23. The average Bonchev–Trinajstić information content (AvgIpc) is 2.60. The highest BCUT2D eigenvalue weighted by atomic mass is 35.5. The Bertz CT molecular complexity index is 800. The van der Waals surface area contributed by atoms with Crippen molar-refractivity contribution in [3.63, 3.8) is 0 Å². The number of carbonyl (C=O) groups excluding carboxylic acids is 1. The van der Waals surface area contributed by atoms with Gasteiger partial charge in [0, 0.05) is 5.69 Å². The van der Waals surface area contributed by atoms with Gasteiger partial charge in [0.2, 0.25) is 0 Å². The van der Waals surface area contributed by atoms with Gasteiger partial charge in [-0.1, -0.05) is 41.4 Å². The third-order valence-electron chi connectivity index (χ3n) is 3.44. The number of nitrogens with one attached hydrogen (secondary N) is 2. The van der Waals surface area contributed by atoms with Crippen molar-refractivity contribution in [2.75, 3.05) is 23.8 Å². The smallest absolute Gasteiger partial charge is 0.309 e. The normalized spacial score (nSPS) is 11.3. The zero-order valence-corrected chi connectivity index (χ0v) is 17.4. The average molecular weight is 431 g/mol. The minimum absolute atomic E-state index is 0.163. The molecule has 2 rings (SSSR count). The number of amides is 2. The van der Waals surface area contributed by atoms with Crippen LogP contribution in [0.25, 0.3) is 0 Å². The Morgan fingerprint density at radius 1 is 0.963 bits per heavy atom. The van der Waals surface area contributed by atoms with E-state index in [0.717, 1.165) is 5.56 Å². The second-order valence-corrected chi connectivity index (χ2v) is 8.35. The maximum atomic E-state index is 12.6. The Morgan fingerprint density at radius 3 is 2.04 bits per heavy atom. The Hall–Kier alpha value is -1.56. The van der Waals surface area contributed by atoms with Crippen LogP contribution in [0.5, 0.6) is 0 Å². The monoisotopic (exact) mass is 430 g/mol. The molecule has 0 radical (unpaired) electrons. The summed E-state index contributed by atoms with van der Waals surface area (Å²) >= 11 is 12.1. The molecule has 0 saturated heterocycles. The molecule has 0 aliphatic carbocycles. The third-order valence-corrected chi connectivity index (χ3v) is 6.13. The molecule has 2 aromatic rings. The molecule has 6 nitrogen and oxygen atoms in total. The molecular formula is C18H21Cl2N2O4P. The van der Waals surface area contributed by atoms with Crippen LogP contribution < -0.4 is 10.6 Å². The minimum atomic E-state index is -3.17. The largest absolute Gasteiger partial charge is 0.335 e. The van der Waals surface area contributed by atoms with E-state index in [1.165, 1.54) is 0 Å². The summed E-state index contributed by atoms with van der Waals surface area (Å²) in [5.41, 5.74) is 1.67. The molecule has 27 heavy (non-hydrogen) atoms. The molecule has 146 valence electrons. The maximum absolute atomic E-state index is 12.6. The van der Waals surface area contributed by atoms with Gasteiger partial charge in [-0.25, -0.2) is 4.79 Å². The molecule has 0 aliphatic heterocycles. The molecule has 2 N–H and O–H groups in total. The maximum Gasteiger partial charge on any atom is 0.335 e. The number of anilines is 2. The van der Waals surface area contributed by atoms with Crippen LogP contribution in [0.1, 0.15) is 19.4 Å². The first-order chi connectivity index (χ1) is 12.9. The molecule has 0 unspecified atom stereocenters. The number of hydrogen-bond donors (Lipinski definition) is 2. The molecule has 0 spiro atoms. The van der Waals surface area contributed by atoms with Crippen molar-refractivity contribution in [1.82, 2.24) is 0 Å². The predicted molar refractivity (Wildman–Crippen MR) is 110 cm³/mol. The molecule has 0 heterocycles. The molecule has 0 atom stereocenters. The molecule has 9 heteroatoms. The molecule has 0 aromatic heterocycles. The summed E-state index contributed by atoms with van der Waals surface area (Å²) in [5.74, 6) is 0. The van der Waals surface area contributed by atoms with E-state index < -0.39 is 13.6 Å². The third kappa shape index (κ3) is 6.52. The lowest BCUT2D eigenvalue weighted by molar-refractivity contribution is 0.219. The van der Waals surface area contributed by atoms with E-state index in [4.69, 9.17) is 32.2 Å². The summed E-state index contributed by atoms with van der Waals surface area (Å²) in [6, 6.07) is 11.4. The summed E-state index contributed by atoms with van der Waals surface area (Å²) in [6.45, 7) is 4.15. The van der Waals surface area contributed by atoms with E-state index in [9.17, 15) is 9.36 Å². The van der Waals surface area contributed by atoms with Gasteiger partial charge in [-0.05, 0) is 43.7 Å². The second kappa shape index (κ2) is 10.1. The van der Waals surface area contributed by atoms with Crippen LogP contribution in [0.4, 0.5) is 16.2 Å². The molecule has 2 aromatic carbocycles. The van der Waals surface area contributed by atoms with Gasteiger partial charge in [0.25, 0.3) is 0 Å². The lowest BCUT2D eigenvalue weighted by atomic mass is 10.2. The van der Waals surface area contributed by atoms with Gasteiger partial charge in [-0.15, -0.1) is 0 Å². The van der Waals surface area contributed by atoms with E-state index in [-0.39, 0.29) is 6.16 Å². The number of rotatable bonds is 8. The van der Waals surface area contributed by atoms with E-state index in [1.54, 1.807) is 56.3 Å². The van der Waals surface area contributed by atoms with E-state index >= 15 is 0 Å². The second-order valence-electron chi connectivity index (χ2n) is 5.48. The van der Waals surface area contributed by atoms with Crippen molar-refractivity contribution in [2.45, 2.75) is 20.0 Å². The fourth-order valence-corrected chi connectivity index (χ4v) is 4.53. The van der Waals surface area contributed by atoms with Crippen molar-refractivity contribution in [1.29, 1.82) is 0 Å². The molecule has 0 fully saturated rings. The number of benzene rings is 2. The van der Waals surface area contributed by atoms with Gasteiger partial charge in [0.15, 0.2) is 0 Å². The predicted octanol–water partition coefficient (Wildman–Crippen LogP) is 6.40. The van der Waals surface area contributed by atoms with E-state index in [1.807, 2.05) is 0 Å². The Balaban J connectivity index is 2.01. The first-order valence-electron chi connectivity index (χ1n) is 8.36. The summed E-state index contributed by atoms with van der Waals surface area (Å²) < 4.78 is 23.1. The lowest BCUT2D eigenvalue weighted by Gasteiger charge is -2.17. The van der Waals surface area contributed by atoms with Crippen LogP contribution in [0.3, 0.4) is 0 Å². The van der Waals surface area contributed by atoms with Crippen LogP contribution in [-0.2, 0) is 19.8 Å². The fourth-order valence-electron chi connectivity index (χ4n) is 2.33. The van der Waals surface area contributed by atoms with Crippen LogP contribution in [0, 0.1) is 0 Å². The number of carbonyl (C=O) groups is 1. The standard InChI is InChI=1S/C18H21Cl2N2O4P/c1-3-25-27(24,26-4-2)12-13-8-10-14(11-9-13)21-18(23)22-17-15(19)6-5-7-16(17)20/h5-11H,3-4,12H2,1-2H3,(H2,21,22,23). The highest BCUT2D eigenvalue weighted by molar-refractivity contribution is 7.53. The van der Waals surface area contributed by atoms with Crippen molar-refractivity contribution in [2.24, 2.45) is 0 Å². The van der Waals surface area contributed by atoms with Gasteiger partial charge in [0.1, 0.15) is 0 Å². The summed E-state index contributed by atoms with van der Waals surface area (Å²) in [4.78, 5) is 12.1. The van der Waals surface area contributed by atoms with Crippen LogP contribution in [0.15, 0.2) is 42.5 Å². The minimum Gasteiger partial charge on any atom is -0.309 e. The van der Waals surface area contributed by atoms with Crippen molar-refractivity contribution in [3.8, 4) is 0 Å². The van der Waals surface area contributed by atoms with Gasteiger partial charge in [0.05, 0.1) is 35.1 Å². The Labute approximate surface area is 168 Å². The van der Waals surface area contributed by atoms with E-state index in [2.05, 4.69) is 10.6 Å². The van der Waals surface area contributed by atoms with Crippen molar-refractivity contribution in [3.05, 3.63) is 58.1 Å². The molecule has 0 bridgehead atoms. The first-order valence-corrected chi connectivity index (χ1v) is 10.8. The summed E-state index contributed by atoms with van der Waals surface area (Å²) in [6.07, 6.45) is 0.163.